The molecule has 6 nitrogen and oxygen atoms in total. The van der Waals surface area contributed by atoms with Crippen LogP contribution in [-0.4, -0.2) is 42.3 Å². The number of pyridine rings is 1. The van der Waals surface area contributed by atoms with Gasteiger partial charge in [-0.1, -0.05) is 11.2 Å². The van der Waals surface area contributed by atoms with E-state index in [1.54, 1.807) is 21.1 Å². The molecular weight excluding hydrogens is 392 g/mol. The minimum absolute atomic E-state index is 0.0512. The molecule has 4 rings (SSSR count). The van der Waals surface area contributed by atoms with Gasteiger partial charge in [-0.25, -0.2) is 13.8 Å². The summed E-state index contributed by atoms with van der Waals surface area (Å²) in [5.74, 6) is 1.56. The molecule has 3 aromatic rings. The minimum atomic E-state index is -2.60. The second-order valence-corrected chi connectivity index (χ2v) is 7.64. The highest BCUT2D eigenvalue weighted by Crippen LogP contribution is 2.35. The van der Waals surface area contributed by atoms with E-state index < -0.39 is 6.43 Å². The molecule has 0 amide bonds. The Morgan fingerprint density at radius 2 is 2.07 bits per heavy atom. The second kappa shape index (κ2) is 8.55. The summed E-state index contributed by atoms with van der Waals surface area (Å²) >= 11 is 0. The van der Waals surface area contributed by atoms with Crippen molar-refractivity contribution in [1.82, 2.24) is 15.0 Å². The van der Waals surface area contributed by atoms with Gasteiger partial charge in [0.2, 0.25) is 0 Å². The van der Waals surface area contributed by atoms with Gasteiger partial charge in [0, 0.05) is 41.9 Å². The van der Waals surface area contributed by atoms with Crippen molar-refractivity contribution in [2.45, 2.75) is 38.7 Å². The number of ether oxygens (including phenoxy) is 2. The molecule has 8 heteroatoms. The summed E-state index contributed by atoms with van der Waals surface area (Å²) in [6, 6.07) is 7.31. The number of benzene rings is 1. The number of alkyl halides is 2. The quantitative estimate of drug-likeness (QED) is 0.571. The Balaban J connectivity index is 1.57. The molecule has 3 heterocycles. The van der Waals surface area contributed by atoms with Crippen molar-refractivity contribution in [1.29, 1.82) is 0 Å². The Bertz CT molecular complexity index is 1040. The predicted octanol–water partition coefficient (Wildman–Crippen LogP) is 4.87. The number of methoxy groups -OCH3 is 2. The summed E-state index contributed by atoms with van der Waals surface area (Å²) in [5, 5.41) is 4.15. The monoisotopic (exact) mass is 417 g/mol. The van der Waals surface area contributed by atoms with Crippen molar-refractivity contribution in [3.8, 4) is 11.5 Å². The van der Waals surface area contributed by atoms with Crippen LogP contribution in [0.5, 0.6) is 11.5 Å². The van der Waals surface area contributed by atoms with Crippen molar-refractivity contribution < 1.29 is 22.8 Å². The minimum Gasteiger partial charge on any atom is -0.497 e. The summed E-state index contributed by atoms with van der Waals surface area (Å²) in [5.41, 5.74) is 2.27. The summed E-state index contributed by atoms with van der Waals surface area (Å²) < 4.78 is 43.3. The van der Waals surface area contributed by atoms with Gasteiger partial charge in [0.25, 0.3) is 12.1 Å². The van der Waals surface area contributed by atoms with Crippen LogP contribution in [0.4, 0.5) is 8.78 Å². The molecule has 1 fully saturated rings. The lowest BCUT2D eigenvalue weighted by Crippen LogP contribution is -2.34. The SMILES string of the molecule is COc1ccc(CN2CCCC(c3cc(C(F)F)c4c(C)noc4n3)C2)c(OC)c1. The van der Waals surface area contributed by atoms with Crippen molar-refractivity contribution in [3.63, 3.8) is 0 Å². The van der Waals surface area contributed by atoms with Gasteiger partial charge in [0.05, 0.1) is 25.3 Å². The number of aromatic nitrogens is 2. The first-order chi connectivity index (χ1) is 14.5. The number of piperidine rings is 1. The Hall–Kier alpha value is -2.74. The fourth-order valence-corrected chi connectivity index (χ4v) is 4.19. The second-order valence-electron chi connectivity index (χ2n) is 7.64. The van der Waals surface area contributed by atoms with E-state index in [4.69, 9.17) is 14.0 Å². The first-order valence-corrected chi connectivity index (χ1v) is 9.98. The highest BCUT2D eigenvalue weighted by atomic mass is 19.3. The van der Waals surface area contributed by atoms with Crippen LogP contribution in [0.15, 0.2) is 28.8 Å². The lowest BCUT2D eigenvalue weighted by atomic mass is 9.92. The first kappa shape index (κ1) is 20.5. The highest BCUT2D eigenvalue weighted by molar-refractivity contribution is 5.80. The summed E-state index contributed by atoms with van der Waals surface area (Å²) in [7, 11) is 3.26. The molecule has 0 aliphatic carbocycles. The summed E-state index contributed by atoms with van der Waals surface area (Å²) in [4.78, 5) is 6.83. The topological polar surface area (TPSA) is 60.6 Å². The van der Waals surface area contributed by atoms with Crippen LogP contribution in [0.1, 0.15) is 47.7 Å². The Morgan fingerprint density at radius 3 is 2.80 bits per heavy atom. The number of hydrogen-bond acceptors (Lipinski definition) is 6. The number of rotatable bonds is 6. The number of likely N-dealkylation sites (tertiary alicyclic amines) is 1. The van der Waals surface area contributed by atoms with Crippen LogP contribution in [0.2, 0.25) is 0 Å². The van der Waals surface area contributed by atoms with E-state index >= 15 is 0 Å². The molecular formula is C22H25F2N3O3. The molecule has 1 aliphatic heterocycles. The number of nitrogens with zero attached hydrogens (tertiary/aromatic N) is 3. The third-order valence-corrected chi connectivity index (χ3v) is 5.71. The molecule has 2 aromatic heterocycles. The average Bonchev–Trinajstić information content (AvgIpc) is 3.14. The van der Waals surface area contributed by atoms with E-state index in [1.165, 1.54) is 6.07 Å². The third kappa shape index (κ3) is 3.96. The maximum Gasteiger partial charge on any atom is 0.264 e. The van der Waals surface area contributed by atoms with Crippen molar-refractivity contribution in [3.05, 3.63) is 46.8 Å². The number of hydrogen-bond donors (Lipinski definition) is 0. The zero-order valence-electron chi connectivity index (χ0n) is 17.3. The average molecular weight is 417 g/mol. The number of halogens is 2. The molecule has 0 radical (unpaired) electrons. The zero-order chi connectivity index (χ0) is 21.3. The lowest BCUT2D eigenvalue weighted by Gasteiger charge is -2.33. The number of fused-ring (bicyclic) bond motifs is 1. The van der Waals surface area contributed by atoms with E-state index in [0.29, 0.717) is 23.3 Å². The van der Waals surface area contributed by atoms with Gasteiger partial charge in [-0.2, -0.15) is 0 Å². The van der Waals surface area contributed by atoms with E-state index in [2.05, 4.69) is 15.0 Å². The van der Waals surface area contributed by atoms with Crippen LogP contribution in [0.25, 0.3) is 11.1 Å². The van der Waals surface area contributed by atoms with E-state index in [0.717, 1.165) is 43.0 Å². The van der Waals surface area contributed by atoms with Crippen LogP contribution < -0.4 is 9.47 Å². The summed E-state index contributed by atoms with van der Waals surface area (Å²) in [6.07, 6.45) is -0.747. The van der Waals surface area contributed by atoms with E-state index in [-0.39, 0.29) is 17.2 Å². The van der Waals surface area contributed by atoms with Crippen LogP contribution in [0.3, 0.4) is 0 Å². The number of aryl methyl sites for hydroxylation is 1. The maximum absolute atomic E-state index is 13.7. The molecule has 0 saturated carbocycles. The van der Waals surface area contributed by atoms with Gasteiger partial charge in [-0.15, -0.1) is 0 Å². The van der Waals surface area contributed by atoms with Crippen molar-refractivity contribution in [2.75, 3.05) is 27.3 Å². The van der Waals surface area contributed by atoms with Gasteiger partial charge in [-0.3, -0.25) is 4.90 Å². The first-order valence-electron chi connectivity index (χ1n) is 9.98. The van der Waals surface area contributed by atoms with Gasteiger partial charge >= 0.3 is 0 Å². The molecule has 30 heavy (non-hydrogen) atoms. The molecule has 1 unspecified atom stereocenters. The fourth-order valence-electron chi connectivity index (χ4n) is 4.19. The van der Waals surface area contributed by atoms with Gasteiger partial charge < -0.3 is 14.0 Å². The summed E-state index contributed by atoms with van der Waals surface area (Å²) in [6.45, 7) is 4.01. The van der Waals surface area contributed by atoms with Gasteiger partial charge in [-0.05, 0) is 38.4 Å². The Kier molecular flexibility index (Phi) is 5.85. The standard InChI is InChI=1S/C22H25F2N3O3/c1-13-20-17(21(23)24)10-18(25-22(20)30-26-13)14-5-4-8-27(11-14)12-15-6-7-16(28-2)9-19(15)29-3/h6-7,9-10,14,21H,4-5,8,11-12H2,1-3H3. The molecule has 1 aromatic carbocycles. The zero-order valence-corrected chi connectivity index (χ0v) is 17.3. The molecule has 1 atom stereocenters. The molecule has 0 N–H and O–H groups in total. The molecule has 0 spiro atoms. The molecule has 1 saturated heterocycles. The van der Waals surface area contributed by atoms with Crippen LogP contribution in [0, 0.1) is 6.92 Å². The maximum atomic E-state index is 13.7. The Labute approximate surface area is 173 Å². The largest absolute Gasteiger partial charge is 0.497 e. The molecule has 1 aliphatic rings. The molecule has 160 valence electrons. The van der Waals surface area contributed by atoms with Crippen molar-refractivity contribution >= 4 is 11.1 Å². The lowest BCUT2D eigenvalue weighted by molar-refractivity contribution is 0.152. The van der Waals surface area contributed by atoms with E-state index in [1.807, 2.05) is 18.2 Å². The normalized spacial score (nSPS) is 17.6. The smallest absolute Gasteiger partial charge is 0.264 e. The van der Waals surface area contributed by atoms with Gasteiger partial charge in [0.1, 0.15) is 11.5 Å². The van der Waals surface area contributed by atoms with E-state index in [9.17, 15) is 8.78 Å². The van der Waals surface area contributed by atoms with Crippen molar-refractivity contribution in [2.24, 2.45) is 0 Å². The van der Waals surface area contributed by atoms with Crippen LogP contribution >= 0.6 is 0 Å². The van der Waals surface area contributed by atoms with Gasteiger partial charge in [0.15, 0.2) is 0 Å². The Morgan fingerprint density at radius 1 is 1.23 bits per heavy atom. The van der Waals surface area contributed by atoms with Crippen LogP contribution in [-0.2, 0) is 6.54 Å². The highest BCUT2D eigenvalue weighted by Gasteiger charge is 2.27. The third-order valence-electron chi connectivity index (χ3n) is 5.71. The predicted molar refractivity (Wildman–Crippen MR) is 108 cm³/mol. The fraction of sp³-hybridized carbons (Fsp3) is 0.455. The molecule has 0 bridgehead atoms.